The standard InChI is InChI=1S/C18H22N2O3S2/c1-2-20(13-15-8-4-3-5-9-15)25(22,23)17-12-16(14-24-17)18(21)19-10-6-7-11-19/h3-5,8-9,12,14H,2,6-7,10-11,13H2,1H3. The van der Waals surface area contributed by atoms with E-state index in [-0.39, 0.29) is 10.1 Å². The van der Waals surface area contributed by atoms with Gasteiger partial charge < -0.3 is 4.90 Å². The molecule has 5 nitrogen and oxygen atoms in total. The molecule has 25 heavy (non-hydrogen) atoms. The van der Waals surface area contributed by atoms with Crippen molar-refractivity contribution in [2.24, 2.45) is 0 Å². The molecule has 7 heteroatoms. The Labute approximate surface area is 152 Å². The van der Waals surface area contributed by atoms with E-state index in [1.807, 2.05) is 37.3 Å². The molecule has 0 spiro atoms. The molecule has 3 rings (SSSR count). The third kappa shape index (κ3) is 3.94. The largest absolute Gasteiger partial charge is 0.339 e. The zero-order valence-electron chi connectivity index (χ0n) is 14.2. The number of carbonyl (C=O) groups excluding carboxylic acids is 1. The minimum absolute atomic E-state index is 0.0682. The van der Waals surface area contributed by atoms with Gasteiger partial charge in [-0.25, -0.2) is 8.42 Å². The summed E-state index contributed by atoms with van der Waals surface area (Å²) in [6.07, 6.45) is 2.03. The molecule has 0 unspecified atom stereocenters. The fourth-order valence-corrected chi connectivity index (χ4v) is 5.69. The second kappa shape index (κ2) is 7.68. The third-order valence-corrected chi connectivity index (χ3v) is 7.70. The van der Waals surface area contributed by atoms with E-state index in [1.54, 1.807) is 10.3 Å². The van der Waals surface area contributed by atoms with Gasteiger partial charge in [-0.15, -0.1) is 11.3 Å². The summed E-state index contributed by atoms with van der Waals surface area (Å²) in [6.45, 7) is 4.04. The van der Waals surface area contributed by atoms with Crippen molar-refractivity contribution in [1.29, 1.82) is 0 Å². The Morgan fingerprint density at radius 1 is 1.20 bits per heavy atom. The molecule has 1 aliphatic rings. The van der Waals surface area contributed by atoms with Crippen molar-refractivity contribution < 1.29 is 13.2 Å². The second-order valence-corrected chi connectivity index (χ2v) is 9.15. The van der Waals surface area contributed by atoms with Gasteiger partial charge in [-0.05, 0) is 24.5 Å². The summed E-state index contributed by atoms with van der Waals surface area (Å²) in [5.41, 5.74) is 1.42. The highest BCUT2D eigenvalue weighted by Gasteiger charge is 2.27. The lowest BCUT2D eigenvalue weighted by Gasteiger charge is -2.19. The molecule has 0 radical (unpaired) electrons. The van der Waals surface area contributed by atoms with Crippen molar-refractivity contribution in [3.63, 3.8) is 0 Å². The zero-order valence-corrected chi connectivity index (χ0v) is 15.9. The summed E-state index contributed by atoms with van der Waals surface area (Å²) < 4.78 is 27.5. The Morgan fingerprint density at radius 2 is 1.88 bits per heavy atom. The number of thiophene rings is 1. The van der Waals surface area contributed by atoms with Crippen molar-refractivity contribution in [2.45, 2.75) is 30.5 Å². The van der Waals surface area contributed by atoms with Crippen LogP contribution in [0.2, 0.25) is 0 Å². The van der Waals surface area contributed by atoms with Gasteiger partial charge in [-0.1, -0.05) is 37.3 Å². The van der Waals surface area contributed by atoms with Crippen LogP contribution in [0.3, 0.4) is 0 Å². The molecule has 134 valence electrons. The van der Waals surface area contributed by atoms with Crippen molar-refractivity contribution in [2.75, 3.05) is 19.6 Å². The maximum Gasteiger partial charge on any atom is 0.254 e. The van der Waals surface area contributed by atoms with Crippen molar-refractivity contribution in [3.05, 3.63) is 52.9 Å². The number of likely N-dealkylation sites (tertiary alicyclic amines) is 1. The summed E-state index contributed by atoms with van der Waals surface area (Å²) in [4.78, 5) is 14.2. The normalized spacial score (nSPS) is 15.0. The van der Waals surface area contributed by atoms with E-state index in [0.717, 1.165) is 42.8 Å². The number of hydrogen-bond donors (Lipinski definition) is 0. The van der Waals surface area contributed by atoms with Gasteiger partial charge in [0, 0.05) is 31.6 Å². The van der Waals surface area contributed by atoms with E-state index in [4.69, 9.17) is 0 Å². The summed E-state index contributed by atoms with van der Waals surface area (Å²) in [6, 6.07) is 11.0. The molecule has 1 aromatic carbocycles. The Hall–Kier alpha value is -1.70. The van der Waals surface area contributed by atoms with Crippen LogP contribution >= 0.6 is 11.3 Å². The highest BCUT2D eigenvalue weighted by molar-refractivity contribution is 7.91. The molecule has 1 aliphatic heterocycles. The Kier molecular flexibility index (Phi) is 5.56. The third-order valence-electron chi connectivity index (χ3n) is 4.36. The Morgan fingerprint density at radius 3 is 2.52 bits per heavy atom. The topological polar surface area (TPSA) is 57.7 Å². The Bertz CT molecular complexity index is 825. The molecule has 2 heterocycles. The molecule has 1 amide bonds. The van der Waals surface area contributed by atoms with E-state index in [1.165, 1.54) is 10.4 Å². The van der Waals surface area contributed by atoms with Gasteiger partial charge in [0.25, 0.3) is 15.9 Å². The van der Waals surface area contributed by atoms with Gasteiger partial charge in [0.15, 0.2) is 0 Å². The molecule has 1 fully saturated rings. The number of nitrogens with zero attached hydrogens (tertiary/aromatic N) is 2. The van der Waals surface area contributed by atoms with Crippen molar-refractivity contribution >= 4 is 27.3 Å². The molecule has 0 aliphatic carbocycles. The predicted molar refractivity (Wildman–Crippen MR) is 99.2 cm³/mol. The highest BCUT2D eigenvalue weighted by Crippen LogP contribution is 2.26. The quantitative estimate of drug-likeness (QED) is 0.776. The summed E-state index contributed by atoms with van der Waals surface area (Å²) in [7, 11) is -3.60. The van der Waals surface area contributed by atoms with E-state index in [0.29, 0.717) is 18.7 Å². The number of benzene rings is 1. The SMILES string of the molecule is CCN(Cc1ccccc1)S(=O)(=O)c1cc(C(=O)N2CCCC2)cs1. The van der Waals surface area contributed by atoms with Gasteiger partial charge in [-0.2, -0.15) is 4.31 Å². The fraction of sp³-hybridized carbons (Fsp3) is 0.389. The van der Waals surface area contributed by atoms with E-state index in [9.17, 15) is 13.2 Å². The van der Waals surface area contributed by atoms with Gasteiger partial charge >= 0.3 is 0 Å². The van der Waals surface area contributed by atoms with Gasteiger partial charge in [0.1, 0.15) is 4.21 Å². The first-order chi connectivity index (χ1) is 12.0. The number of amides is 1. The molecule has 0 atom stereocenters. The zero-order chi connectivity index (χ0) is 17.9. The smallest absolute Gasteiger partial charge is 0.254 e. The van der Waals surface area contributed by atoms with Crippen LogP contribution in [0.5, 0.6) is 0 Å². The molecule has 0 saturated carbocycles. The number of carbonyl (C=O) groups is 1. The van der Waals surface area contributed by atoms with E-state index >= 15 is 0 Å². The molecule has 1 aromatic heterocycles. The van der Waals surface area contributed by atoms with Crippen molar-refractivity contribution in [3.8, 4) is 0 Å². The molecular formula is C18H22N2O3S2. The molecule has 1 saturated heterocycles. The first-order valence-corrected chi connectivity index (χ1v) is 10.8. The van der Waals surface area contributed by atoms with Gasteiger partial charge in [0.05, 0.1) is 5.56 Å². The van der Waals surface area contributed by atoms with Crippen LogP contribution in [-0.2, 0) is 16.6 Å². The number of sulfonamides is 1. The molecule has 2 aromatic rings. The minimum Gasteiger partial charge on any atom is -0.339 e. The van der Waals surface area contributed by atoms with Crippen LogP contribution in [-0.4, -0.2) is 43.2 Å². The van der Waals surface area contributed by atoms with Crippen LogP contribution < -0.4 is 0 Å². The minimum atomic E-state index is -3.60. The van der Waals surface area contributed by atoms with Crippen LogP contribution in [0.25, 0.3) is 0 Å². The van der Waals surface area contributed by atoms with Crippen LogP contribution in [0.15, 0.2) is 46.0 Å². The average Bonchev–Trinajstić information content (AvgIpc) is 3.31. The lowest BCUT2D eigenvalue weighted by atomic mass is 10.2. The predicted octanol–water partition coefficient (Wildman–Crippen LogP) is 3.19. The summed E-state index contributed by atoms with van der Waals surface area (Å²) in [5, 5.41) is 1.66. The first-order valence-electron chi connectivity index (χ1n) is 8.44. The maximum absolute atomic E-state index is 12.9. The second-order valence-electron chi connectivity index (χ2n) is 6.07. The maximum atomic E-state index is 12.9. The fourth-order valence-electron chi connectivity index (χ4n) is 2.95. The Balaban J connectivity index is 1.80. The van der Waals surface area contributed by atoms with Crippen LogP contribution in [0, 0.1) is 0 Å². The molecule has 0 N–H and O–H groups in total. The van der Waals surface area contributed by atoms with Crippen LogP contribution in [0.1, 0.15) is 35.7 Å². The van der Waals surface area contributed by atoms with Gasteiger partial charge in [0.2, 0.25) is 0 Å². The molecular weight excluding hydrogens is 356 g/mol. The lowest BCUT2D eigenvalue weighted by molar-refractivity contribution is 0.0793. The highest BCUT2D eigenvalue weighted by atomic mass is 32.2. The molecule has 0 bridgehead atoms. The van der Waals surface area contributed by atoms with Gasteiger partial charge in [-0.3, -0.25) is 4.79 Å². The monoisotopic (exact) mass is 378 g/mol. The average molecular weight is 379 g/mol. The van der Waals surface area contributed by atoms with Crippen molar-refractivity contribution in [1.82, 2.24) is 9.21 Å². The van der Waals surface area contributed by atoms with E-state index in [2.05, 4.69) is 0 Å². The summed E-state index contributed by atoms with van der Waals surface area (Å²) in [5.74, 6) is -0.0682. The van der Waals surface area contributed by atoms with E-state index < -0.39 is 10.0 Å². The first kappa shape index (κ1) is 18.1. The van der Waals surface area contributed by atoms with Crippen LogP contribution in [0.4, 0.5) is 0 Å². The number of hydrogen-bond acceptors (Lipinski definition) is 4. The lowest BCUT2D eigenvalue weighted by Crippen LogP contribution is -2.30. The summed E-state index contributed by atoms with van der Waals surface area (Å²) >= 11 is 1.12. The number of rotatable bonds is 6.